The van der Waals surface area contributed by atoms with Crippen LogP contribution in [0.3, 0.4) is 0 Å². The van der Waals surface area contributed by atoms with Gasteiger partial charge in [-0.1, -0.05) is 12.8 Å². The van der Waals surface area contributed by atoms with Crippen LogP contribution >= 0.6 is 0 Å². The first-order valence-electron chi connectivity index (χ1n) is 4.27. The average Bonchev–Trinajstić information content (AvgIpc) is 2.19. The third-order valence-electron chi connectivity index (χ3n) is 1.55. The van der Waals surface area contributed by atoms with Crippen LogP contribution in [0.15, 0.2) is 12.4 Å². The molecular formula is C10H12N2O. The molecule has 0 atom stereocenters. The van der Waals surface area contributed by atoms with E-state index in [1.807, 2.05) is 0 Å². The van der Waals surface area contributed by atoms with Crippen molar-refractivity contribution in [2.24, 2.45) is 0 Å². The summed E-state index contributed by atoms with van der Waals surface area (Å²) in [6.07, 6.45) is 4.95. The van der Waals surface area contributed by atoms with Crippen LogP contribution in [0, 0.1) is 11.8 Å². The highest BCUT2D eigenvalue weighted by Gasteiger charge is 1.90. The summed E-state index contributed by atoms with van der Waals surface area (Å²) in [6.45, 7) is 2.13. The Morgan fingerprint density at radius 2 is 2.08 bits per heavy atom. The van der Waals surface area contributed by atoms with E-state index in [1.54, 1.807) is 12.4 Å². The molecule has 0 radical (unpaired) electrons. The lowest BCUT2D eigenvalue weighted by Crippen LogP contribution is -1.91. The van der Waals surface area contributed by atoms with E-state index in [2.05, 4.69) is 28.7 Å². The molecule has 3 nitrogen and oxygen atoms in total. The molecule has 1 rings (SSSR count). The molecule has 0 bridgehead atoms. The van der Waals surface area contributed by atoms with Crippen molar-refractivity contribution >= 4 is 0 Å². The number of aryl methyl sites for hydroxylation is 1. The number of nitrogens with zero attached hydrogens (tertiary/aromatic N) is 2. The summed E-state index contributed by atoms with van der Waals surface area (Å²) < 4.78 is 0. The minimum atomic E-state index is 0.0834. The van der Waals surface area contributed by atoms with Crippen molar-refractivity contribution in [3.8, 4) is 11.8 Å². The summed E-state index contributed by atoms with van der Waals surface area (Å²) in [5.41, 5.74) is 1.10. The molecule has 0 aromatic carbocycles. The van der Waals surface area contributed by atoms with Crippen molar-refractivity contribution in [3.05, 3.63) is 23.8 Å². The van der Waals surface area contributed by atoms with Crippen molar-refractivity contribution in [2.45, 2.75) is 19.8 Å². The van der Waals surface area contributed by atoms with E-state index in [4.69, 9.17) is 5.11 Å². The molecule has 0 spiro atoms. The molecule has 1 N–H and O–H groups in total. The van der Waals surface area contributed by atoms with Gasteiger partial charge in [0, 0.05) is 18.8 Å². The summed E-state index contributed by atoms with van der Waals surface area (Å²) in [5.74, 6) is 6.05. The Morgan fingerprint density at radius 1 is 1.38 bits per heavy atom. The van der Waals surface area contributed by atoms with E-state index in [-0.39, 0.29) is 6.61 Å². The Hall–Kier alpha value is -1.40. The first kappa shape index (κ1) is 9.69. The lowest BCUT2D eigenvalue weighted by Gasteiger charge is -1.92. The first-order valence-corrected chi connectivity index (χ1v) is 4.27. The SMILES string of the molecule is CCc1cnc(C#CCCO)nc1. The maximum Gasteiger partial charge on any atom is 0.204 e. The van der Waals surface area contributed by atoms with Gasteiger partial charge in [0.05, 0.1) is 6.61 Å². The fourth-order valence-electron chi connectivity index (χ4n) is 0.799. The van der Waals surface area contributed by atoms with Crippen LogP contribution in [0.4, 0.5) is 0 Å². The van der Waals surface area contributed by atoms with E-state index in [0.717, 1.165) is 12.0 Å². The van der Waals surface area contributed by atoms with Gasteiger partial charge < -0.3 is 5.11 Å². The summed E-state index contributed by atoms with van der Waals surface area (Å²) in [4.78, 5) is 8.11. The third kappa shape index (κ3) is 3.22. The molecule has 0 aliphatic carbocycles. The summed E-state index contributed by atoms with van der Waals surface area (Å²) in [7, 11) is 0. The Kier molecular flexibility index (Phi) is 3.94. The van der Waals surface area contributed by atoms with Gasteiger partial charge in [-0.15, -0.1) is 0 Å². The number of aliphatic hydroxyl groups excluding tert-OH is 1. The van der Waals surface area contributed by atoms with Crippen molar-refractivity contribution < 1.29 is 5.11 Å². The highest BCUT2D eigenvalue weighted by Crippen LogP contribution is 1.95. The van der Waals surface area contributed by atoms with Gasteiger partial charge in [0.25, 0.3) is 0 Å². The number of rotatable bonds is 2. The van der Waals surface area contributed by atoms with Gasteiger partial charge in [-0.25, -0.2) is 9.97 Å². The van der Waals surface area contributed by atoms with Gasteiger partial charge in [-0.05, 0) is 17.9 Å². The van der Waals surface area contributed by atoms with Crippen molar-refractivity contribution in [1.29, 1.82) is 0 Å². The average molecular weight is 176 g/mol. The molecule has 0 fully saturated rings. The van der Waals surface area contributed by atoms with Crippen LogP contribution in [0.2, 0.25) is 0 Å². The van der Waals surface area contributed by atoms with Gasteiger partial charge >= 0.3 is 0 Å². The number of aromatic nitrogens is 2. The summed E-state index contributed by atoms with van der Waals surface area (Å²) in [5, 5.41) is 8.48. The molecule has 0 saturated carbocycles. The van der Waals surface area contributed by atoms with Crippen LogP contribution in [0.5, 0.6) is 0 Å². The predicted molar refractivity (Wildman–Crippen MR) is 50.0 cm³/mol. The zero-order valence-electron chi connectivity index (χ0n) is 7.62. The molecule has 0 aliphatic rings. The molecule has 1 aromatic heterocycles. The Morgan fingerprint density at radius 3 is 2.62 bits per heavy atom. The van der Waals surface area contributed by atoms with Crippen LogP contribution in [-0.4, -0.2) is 21.7 Å². The second kappa shape index (κ2) is 5.28. The van der Waals surface area contributed by atoms with Crippen LogP contribution in [0.1, 0.15) is 24.7 Å². The summed E-state index contributed by atoms with van der Waals surface area (Å²) in [6, 6.07) is 0. The van der Waals surface area contributed by atoms with Crippen LogP contribution < -0.4 is 0 Å². The van der Waals surface area contributed by atoms with Crippen molar-refractivity contribution in [1.82, 2.24) is 9.97 Å². The molecule has 0 amide bonds. The van der Waals surface area contributed by atoms with E-state index in [0.29, 0.717) is 12.2 Å². The number of hydrogen-bond acceptors (Lipinski definition) is 3. The quantitative estimate of drug-likeness (QED) is 0.677. The standard InChI is InChI=1S/C10H12N2O/c1-2-9-7-11-10(12-8-9)5-3-4-6-13/h7-8,13H,2,4,6H2,1H3. The van der Waals surface area contributed by atoms with E-state index in [1.165, 1.54) is 0 Å². The molecular weight excluding hydrogens is 164 g/mol. The van der Waals surface area contributed by atoms with Crippen LogP contribution in [-0.2, 0) is 6.42 Å². The fourth-order valence-corrected chi connectivity index (χ4v) is 0.799. The predicted octanol–water partition coefficient (Wildman–Crippen LogP) is 0.773. The van der Waals surface area contributed by atoms with Gasteiger partial charge in [-0.3, -0.25) is 0 Å². The molecule has 1 heterocycles. The highest BCUT2D eigenvalue weighted by molar-refractivity contribution is 5.21. The molecule has 0 aliphatic heterocycles. The van der Waals surface area contributed by atoms with E-state index >= 15 is 0 Å². The third-order valence-corrected chi connectivity index (χ3v) is 1.55. The molecule has 0 saturated heterocycles. The van der Waals surface area contributed by atoms with Crippen molar-refractivity contribution in [2.75, 3.05) is 6.61 Å². The summed E-state index contributed by atoms with van der Waals surface area (Å²) >= 11 is 0. The van der Waals surface area contributed by atoms with Gasteiger partial charge in [0.1, 0.15) is 0 Å². The highest BCUT2D eigenvalue weighted by atomic mass is 16.2. The van der Waals surface area contributed by atoms with E-state index < -0.39 is 0 Å². The minimum absolute atomic E-state index is 0.0834. The zero-order chi connectivity index (χ0) is 9.52. The molecule has 0 unspecified atom stereocenters. The van der Waals surface area contributed by atoms with E-state index in [9.17, 15) is 0 Å². The maximum atomic E-state index is 8.48. The zero-order valence-corrected chi connectivity index (χ0v) is 7.62. The normalized spacial score (nSPS) is 9.08. The van der Waals surface area contributed by atoms with Crippen molar-refractivity contribution in [3.63, 3.8) is 0 Å². The minimum Gasteiger partial charge on any atom is -0.395 e. The van der Waals surface area contributed by atoms with Gasteiger partial charge in [-0.2, -0.15) is 0 Å². The largest absolute Gasteiger partial charge is 0.395 e. The van der Waals surface area contributed by atoms with Gasteiger partial charge in [0.2, 0.25) is 5.82 Å². The Bertz CT molecular complexity index is 308. The first-order chi connectivity index (χ1) is 6.36. The Labute approximate surface area is 77.9 Å². The van der Waals surface area contributed by atoms with Gasteiger partial charge in [0.15, 0.2) is 0 Å². The second-order valence-electron chi connectivity index (χ2n) is 2.54. The Balaban J connectivity index is 2.65. The topological polar surface area (TPSA) is 46.0 Å². The molecule has 13 heavy (non-hydrogen) atoms. The van der Waals surface area contributed by atoms with Crippen LogP contribution in [0.25, 0.3) is 0 Å². The number of hydrogen-bond donors (Lipinski definition) is 1. The molecule has 1 aromatic rings. The second-order valence-corrected chi connectivity index (χ2v) is 2.54. The fraction of sp³-hybridized carbons (Fsp3) is 0.400. The smallest absolute Gasteiger partial charge is 0.204 e. The lowest BCUT2D eigenvalue weighted by atomic mass is 10.3. The molecule has 68 valence electrons. The monoisotopic (exact) mass is 176 g/mol. The molecule has 3 heteroatoms. The maximum absolute atomic E-state index is 8.48. The number of aliphatic hydroxyl groups is 1. The lowest BCUT2D eigenvalue weighted by molar-refractivity contribution is 0.305.